The Labute approximate surface area is 136 Å². The van der Waals surface area contributed by atoms with E-state index < -0.39 is 6.10 Å². The smallest absolute Gasteiger partial charge is 0.263 e. The Morgan fingerprint density at radius 2 is 1.91 bits per heavy atom. The number of amides is 1. The fourth-order valence-electron chi connectivity index (χ4n) is 2.17. The number of likely N-dealkylation sites (N-methyl/N-ethyl adjacent to an activating group) is 1. The van der Waals surface area contributed by atoms with Crippen LogP contribution in [-0.4, -0.2) is 24.0 Å². The highest BCUT2D eigenvalue weighted by molar-refractivity contribution is 6.30. The van der Waals surface area contributed by atoms with Gasteiger partial charge in [-0.05, 0) is 43.7 Å². The molecule has 2 aromatic rings. The van der Waals surface area contributed by atoms with Crippen LogP contribution in [-0.2, 0) is 11.3 Å². The number of carbonyl (C=O) groups excluding carboxylic acids is 1. The third kappa shape index (κ3) is 4.50. The summed E-state index contributed by atoms with van der Waals surface area (Å²) < 4.78 is 5.70. The molecule has 0 radical (unpaired) electrons. The van der Waals surface area contributed by atoms with Crippen LogP contribution in [0.1, 0.15) is 18.1 Å². The van der Waals surface area contributed by atoms with E-state index in [1.165, 1.54) is 0 Å². The van der Waals surface area contributed by atoms with E-state index in [-0.39, 0.29) is 5.91 Å². The summed E-state index contributed by atoms with van der Waals surface area (Å²) in [5, 5.41) is 0.669. The van der Waals surface area contributed by atoms with Crippen molar-refractivity contribution in [2.75, 3.05) is 7.05 Å². The quantitative estimate of drug-likeness (QED) is 0.831. The van der Waals surface area contributed by atoms with E-state index in [0.717, 1.165) is 11.1 Å². The number of halogens is 1. The lowest BCUT2D eigenvalue weighted by molar-refractivity contribution is -0.137. The highest BCUT2D eigenvalue weighted by Crippen LogP contribution is 2.16. The van der Waals surface area contributed by atoms with Crippen LogP contribution in [0.5, 0.6) is 5.75 Å². The minimum atomic E-state index is -0.535. The summed E-state index contributed by atoms with van der Waals surface area (Å²) in [6, 6.07) is 15.2. The van der Waals surface area contributed by atoms with Crippen molar-refractivity contribution in [3.63, 3.8) is 0 Å². The Morgan fingerprint density at radius 3 is 2.55 bits per heavy atom. The first-order chi connectivity index (χ1) is 10.5. The summed E-state index contributed by atoms with van der Waals surface area (Å²) in [5.74, 6) is 0.628. The number of carbonyl (C=O) groups is 1. The van der Waals surface area contributed by atoms with E-state index in [4.69, 9.17) is 16.3 Å². The molecule has 0 aliphatic rings. The van der Waals surface area contributed by atoms with Crippen molar-refractivity contribution in [3.05, 3.63) is 64.7 Å². The van der Waals surface area contributed by atoms with E-state index in [1.807, 2.05) is 55.5 Å². The van der Waals surface area contributed by atoms with Gasteiger partial charge in [-0.3, -0.25) is 4.79 Å². The number of aryl methyl sites for hydroxylation is 1. The van der Waals surface area contributed by atoms with E-state index in [1.54, 1.807) is 18.9 Å². The summed E-state index contributed by atoms with van der Waals surface area (Å²) in [4.78, 5) is 14.0. The van der Waals surface area contributed by atoms with E-state index in [9.17, 15) is 4.79 Å². The molecule has 3 nitrogen and oxygen atoms in total. The van der Waals surface area contributed by atoms with Gasteiger partial charge in [0, 0.05) is 18.6 Å². The fourth-order valence-corrected chi connectivity index (χ4v) is 2.38. The molecular weight excluding hydrogens is 298 g/mol. The van der Waals surface area contributed by atoms with E-state index >= 15 is 0 Å². The van der Waals surface area contributed by atoms with Crippen molar-refractivity contribution in [1.29, 1.82) is 0 Å². The number of hydrogen-bond donors (Lipinski definition) is 0. The monoisotopic (exact) mass is 317 g/mol. The van der Waals surface area contributed by atoms with Gasteiger partial charge in [0.05, 0.1) is 0 Å². The molecule has 0 bridgehead atoms. The van der Waals surface area contributed by atoms with Crippen molar-refractivity contribution in [3.8, 4) is 5.75 Å². The van der Waals surface area contributed by atoms with Gasteiger partial charge in [-0.15, -0.1) is 0 Å². The van der Waals surface area contributed by atoms with Crippen LogP contribution in [0.25, 0.3) is 0 Å². The number of ether oxygens (including phenoxy) is 1. The zero-order valence-corrected chi connectivity index (χ0v) is 13.8. The molecule has 1 amide bonds. The maximum absolute atomic E-state index is 12.4. The first kappa shape index (κ1) is 16.4. The number of benzene rings is 2. The molecule has 0 aliphatic heterocycles. The van der Waals surface area contributed by atoms with Crippen LogP contribution in [0, 0.1) is 6.92 Å². The van der Waals surface area contributed by atoms with Crippen LogP contribution >= 0.6 is 11.6 Å². The lowest BCUT2D eigenvalue weighted by Crippen LogP contribution is -2.37. The van der Waals surface area contributed by atoms with Gasteiger partial charge >= 0.3 is 0 Å². The maximum atomic E-state index is 12.4. The van der Waals surface area contributed by atoms with Gasteiger partial charge in [-0.25, -0.2) is 0 Å². The second-order valence-corrected chi connectivity index (χ2v) is 5.83. The zero-order valence-electron chi connectivity index (χ0n) is 13.0. The molecule has 0 fully saturated rings. The van der Waals surface area contributed by atoms with E-state index in [0.29, 0.717) is 17.3 Å². The maximum Gasteiger partial charge on any atom is 0.263 e. The standard InChI is InChI=1S/C18H20ClNO2/c1-13-7-9-17(10-8-13)22-14(2)18(21)20(3)12-15-5-4-6-16(19)11-15/h4-11,14H,12H2,1-3H3. The number of nitrogens with zero attached hydrogens (tertiary/aromatic N) is 1. The molecule has 0 saturated carbocycles. The molecule has 1 atom stereocenters. The van der Waals surface area contributed by atoms with Gasteiger partial charge in [0.2, 0.25) is 0 Å². The third-order valence-corrected chi connectivity index (χ3v) is 3.60. The van der Waals surface area contributed by atoms with Crippen molar-refractivity contribution < 1.29 is 9.53 Å². The number of hydrogen-bond acceptors (Lipinski definition) is 2. The van der Waals surface area contributed by atoms with Crippen LogP contribution in [0.15, 0.2) is 48.5 Å². The molecule has 4 heteroatoms. The van der Waals surface area contributed by atoms with Gasteiger partial charge in [-0.1, -0.05) is 41.4 Å². The highest BCUT2D eigenvalue weighted by atomic mass is 35.5. The van der Waals surface area contributed by atoms with Gasteiger partial charge in [0.1, 0.15) is 5.75 Å². The molecule has 0 N–H and O–H groups in total. The fraction of sp³-hybridized carbons (Fsp3) is 0.278. The van der Waals surface area contributed by atoms with Crippen molar-refractivity contribution in [2.24, 2.45) is 0 Å². The molecule has 0 heterocycles. The van der Waals surface area contributed by atoms with Gasteiger partial charge in [0.15, 0.2) is 6.10 Å². The average Bonchev–Trinajstić information content (AvgIpc) is 2.48. The Morgan fingerprint density at radius 1 is 1.23 bits per heavy atom. The van der Waals surface area contributed by atoms with Crippen molar-refractivity contribution >= 4 is 17.5 Å². The van der Waals surface area contributed by atoms with Crippen molar-refractivity contribution in [2.45, 2.75) is 26.5 Å². The molecule has 2 rings (SSSR count). The molecule has 0 aliphatic carbocycles. The minimum Gasteiger partial charge on any atom is -0.481 e. The molecule has 116 valence electrons. The molecule has 2 aromatic carbocycles. The average molecular weight is 318 g/mol. The first-order valence-corrected chi connectivity index (χ1v) is 7.56. The summed E-state index contributed by atoms with van der Waals surface area (Å²) in [6.07, 6.45) is -0.535. The molecule has 22 heavy (non-hydrogen) atoms. The normalized spacial score (nSPS) is 11.8. The van der Waals surface area contributed by atoms with Crippen LogP contribution < -0.4 is 4.74 Å². The van der Waals surface area contributed by atoms with Crippen LogP contribution in [0.4, 0.5) is 0 Å². The Hall–Kier alpha value is -2.00. The van der Waals surface area contributed by atoms with Crippen LogP contribution in [0.3, 0.4) is 0 Å². The minimum absolute atomic E-state index is 0.0689. The SMILES string of the molecule is Cc1ccc(OC(C)C(=O)N(C)Cc2cccc(Cl)c2)cc1. The Kier molecular flexibility index (Phi) is 5.45. The molecule has 0 aromatic heterocycles. The summed E-state index contributed by atoms with van der Waals surface area (Å²) in [6.45, 7) is 4.27. The lowest BCUT2D eigenvalue weighted by atomic mass is 10.2. The van der Waals surface area contributed by atoms with Gasteiger partial charge < -0.3 is 9.64 Å². The summed E-state index contributed by atoms with van der Waals surface area (Å²) in [5.41, 5.74) is 2.15. The lowest BCUT2D eigenvalue weighted by Gasteiger charge is -2.22. The third-order valence-electron chi connectivity index (χ3n) is 3.37. The molecule has 0 saturated heterocycles. The Balaban J connectivity index is 1.96. The second-order valence-electron chi connectivity index (χ2n) is 5.40. The number of rotatable bonds is 5. The van der Waals surface area contributed by atoms with Gasteiger partial charge in [0.25, 0.3) is 5.91 Å². The molecular formula is C18H20ClNO2. The predicted octanol–water partition coefficient (Wildman–Crippen LogP) is 4.07. The highest BCUT2D eigenvalue weighted by Gasteiger charge is 2.19. The van der Waals surface area contributed by atoms with Gasteiger partial charge in [-0.2, -0.15) is 0 Å². The topological polar surface area (TPSA) is 29.5 Å². The van der Waals surface area contributed by atoms with E-state index in [2.05, 4.69) is 0 Å². The molecule has 1 unspecified atom stereocenters. The zero-order chi connectivity index (χ0) is 16.1. The molecule has 0 spiro atoms. The second kappa shape index (κ2) is 7.32. The summed E-state index contributed by atoms with van der Waals surface area (Å²) >= 11 is 5.96. The summed E-state index contributed by atoms with van der Waals surface area (Å²) in [7, 11) is 1.76. The predicted molar refractivity (Wildman–Crippen MR) is 89.2 cm³/mol. The largest absolute Gasteiger partial charge is 0.481 e. The Bertz CT molecular complexity index is 640. The van der Waals surface area contributed by atoms with Crippen LogP contribution in [0.2, 0.25) is 5.02 Å². The van der Waals surface area contributed by atoms with Crippen molar-refractivity contribution in [1.82, 2.24) is 4.90 Å². The first-order valence-electron chi connectivity index (χ1n) is 7.18.